The lowest BCUT2D eigenvalue weighted by atomic mass is 9.83. The van der Waals surface area contributed by atoms with E-state index < -0.39 is 0 Å². The number of hydrogen-bond donors (Lipinski definition) is 0. The second-order valence-corrected chi connectivity index (χ2v) is 3.43. The van der Waals surface area contributed by atoms with Crippen molar-refractivity contribution in [2.75, 3.05) is 19.6 Å². The van der Waals surface area contributed by atoms with Gasteiger partial charge in [0.1, 0.15) is 0 Å². The van der Waals surface area contributed by atoms with Crippen molar-refractivity contribution in [3.05, 3.63) is 0 Å². The molecule has 3 aliphatic rings. The van der Waals surface area contributed by atoms with Crippen LogP contribution in [0.1, 0.15) is 27.2 Å². The summed E-state index contributed by atoms with van der Waals surface area (Å²) < 4.78 is 0. The van der Waals surface area contributed by atoms with E-state index in [2.05, 4.69) is 11.8 Å². The van der Waals surface area contributed by atoms with Gasteiger partial charge in [-0.05, 0) is 18.3 Å². The molecule has 0 saturated carbocycles. The Morgan fingerprint density at radius 3 is 1.90 bits per heavy atom. The highest BCUT2D eigenvalue weighted by atomic mass is 15.2. The summed E-state index contributed by atoms with van der Waals surface area (Å²) in [5, 5.41) is 0. The molecule has 0 spiro atoms. The van der Waals surface area contributed by atoms with Crippen molar-refractivity contribution in [1.29, 1.82) is 0 Å². The lowest BCUT2D eigenvalue weighted by molar-refractivity contribution is 0.0162. The Morgan fingerprint density at radius 1 is 1.10 bits per heavy atom. The molecule has 1 heteroatoms. The Balaban J connectivity index is 0.000000231. The molecule has 1 atom stereocenters. The Hall–Kier alpha value is -0.0400. The van der Waals surface area contributed by atoms with Gasteiger partial charge in [0.05, 0.1) is 0 Å². The lowest BCUT2D eigenvalue weighted by Gasteiger charge is -2.47. The standard InChI is InChI=1S/C7H13N.C2H6/c1-6-2-7-4-8(3-6)5-7;1-2/h6-7H,2-5H2,1H3;1-2H3. The molecule has 1 nitrogen and oxygen atoms in total. The molecule has 3 saturated heterocycles. The topological polar surface area (TPSA) is 3.24 Å². The molecule has 3 fully saturated rings. The van der Waals surface area contributed by atoms with Crippen LogP contribution < -0.4 is 0 Å². The molecular formula is C9H19N. The van der Waals surface area contributed by atoms with Crippen LogP contribution in [0.2, 0.25) is 0 Å². The molecule has 0 N–H and O–H groups in total. The van der Waals surface area contributed by atoms with Crippen molar-refractivity contribution in [2.24, 2.45) is 11.8 Å². The Morgan fingerprint density at radius 2 is 1.70 bits per heavy atom. The predicted molar refractivity (Wildman–Crippen MR) is 45.1 cm³/mol. The van der Waals surface area contributed by atoms with Crippen LogP contribution in [0.3, 0.4) is 0 Å². The van der Waals surface area contributed by atoms with Gasteiger partial charge >= 0.3 is 0 Å². The normalized spacial score (nSPS) is 42.9. The molecule has 2 bridgehead atoms. The van der Waals surface area contributed by atoms with Gasteiger partial charge in [-0.1, -0.05) is 20.8 Å². The Kier molecular flexibility index (Phi) is 2.72. The molecular weight excluding hydrogens is 122 g/mol. The summed E-state index contributed by atoms with van der Waals surface area (Å²) in [5.74, 6) is 2.07. The minimum atomic E-state index is 0.988. The van der Waals surface area contributed by atoms with Crippen LogP contribution >= 0.6 is 0 Å². The van der Waals surface area contributed by atoms with Crippen molar-refractivity contribution in [3.8, 4) is 0 Å². The summed E-state index contributed by atoms with van der Waals surface area (Å²) in [6.45, 7) is 10.5. The molecule has 3 aliphatic heterocycles. The van der Waals surface area contributed by atoms with Gasteiger partial charge in [-0.2, -0.15) is 0 Å². The summed E-state index contributed by atoms with van der Waals surface area (Å²) in [6.07, 6.45) is 1.50. The van der Waals surface area contributed by atoms with Crippen molar-refractivity contribution in [1.82, 2.24) is 4.90 Å². The van der Waals surface area contributed by atoms with E-state index in [4.69, 9.17) is 0 Å². The van der Waals surface area contributed by atoms with Gasteiger partial charge in [0.2, 0.25) is 0 Å². The first-order chi connectivity index (χ1) is 4.84. The molecule has 0 aromatic carbocycles. The van der Waals surface area contributed by atoms with E-state index in [1.807, 2.05) is 13.8 Å². The van der Waals surface area contributed by atoms with Crippen molar-refractivity contribution < 1.29 is 0 Å². The van der Waals surface area contributed by atoms with Crippen LogP contribution in [0, 0.1) is 11.8 Å². The van der Waals surface area contributed by atoms with Gasteiger partial charge in [-0.15, -0.1) is 0 Å². The minimum Gasteiger partial charge on any atom is -0.302 e. The summed E-state index contributed by atoms with van der Waals surface area (Å²) >= 11 is 0. The summed E-state index contributed by atoms with van der Waals surface area (Å²) in [4.78, 5) is 2.55. The first-order valence-corrected chi connectivity index (χ1v) is 4.57. The maximum absolute atomic E-state index is 2.55. The number of fused-ring (bicyclic) bond motifs is 2. The number of rotatable bonds is 0. The van der Waals surface area contributed by atoms with E-state index in [-0.39, 0.29) is 0 Å². The SMILES string of the molecule is CC.CC1CC2CN(C1)C2. The molecule has 1 unspecified atom stereocenters. The monoisotopic (exact) mass is 141 g/mol. The van der Waals surface area contributed by atoms with Crippen molar-refractivity contribution in [2.45, 2.75) is 27.2 Å². The smallest absolute Gasteiger partial charge is 0.00222 e. The molecule has 0 amide bonds. The quantitative estimate of drug-likeness (QED) is 0.498. The zero-order chi connectivity index (χ0) is 7.56. The van der Waals surface area contributed by atoms with Gasteiger partial charge in [0, 0.05) is 19.6 Å². The van der Waals surface area contributed by atoms with Gasteiger partial charge in [-0.25, -0.2) is 0 Å². The highest BCUT2D eigenvalue weighted by Crippen LogP contribution is 2.30. The Labute approximate surface area is 64.4 Å². The van der Waals surface area contributed by atoms with Gasteiger partial charge in [-0.3, -0.25) is 0 Å². The van der Waals surface area contributed by atoms with Crippen LogP contribution in [0.4, 0.5) is 0 Å². The number of piperidine rings is 2. The summed E-state index contributed by atoms with van der Waals surface area (Å²) in [5.41, 5.74) is 0. The van der Waals surface area contributed by atoms with E-state index in [0.29, 0.717) is 0 Å². The second kappa shape index (κ2) is 3.38. The van der Waals surface area contributed by atoms with E-state index in [0.717, 1.165) is 11.8 Å². The van der Waals surface area contributed by atoms with E-state index in [1.54, 1.807) is 0 Å². The van der Waals surface area contributed by atoms with Crippen LogP contribution in [0.5, 0.6) is 0 Å². The molecule has 60 valence electrons. The maximum Gasteiger partial charge on any atom is 0.00222 e. The molecule has 3 rings (SSSR count). The highest BCUT2D eigenvalue weighted by molar-refractivity contribution is 4.87. The van der Waals surface area contributed by atoms with Gasteiger partial charge < -0.3 is 4.90 Å². The predicted octanol–water partition coefficient (Wildman–Crippen LogP) is 1.98. The molecule has 0 aromatic heterocycles. The number of hydrogen-bond acceptors (Lipinski definition) is 1. The largest absolute Gasteiger partial charge is 0.302 e. The molecule has 0 aromatic rings. The van der Waals surface area contributed by atoms with Gasteiger partial charge in [0.15, 0.2) is 0 Å². The van der Waals surface area contributed by atoms with E-state index in [9.17, 15) is 0 Å². The first-order valence-electron chi connectivity index (χ1n) is 4.57. The summed E-state index contributed by atoms with van der Waals surface area (Å²) in [7, 11) is 0. The third kappa shape index (κ3) is 1.51. The van der Waals surface area contributed by atoms with Crippen LogP contribution in [-0.2, 0) is 0 Å². The third-order valence-electron chi connectivity index (χ3n) is 2.34. The van der Waals surface area contributed by atoms with Gasteiger partial charge in [0.25, 0.3) is 0 Å². The van der Waals surface area contributed by atoms with Crippen LogP contribution in [0.25, 0.3) is 0 Å². The summed E-state index contributed by atoms with van der Waals surface area (Å²) in [6, 6.07) is 0. The average molecular weight is 141 g/mol. The molecule has 10 heavy (non-hydrogen) atoms. The zero-order valence-corrected chi connectivity index (χ0v) is 7.43. The number of nitrogens with zero attached hydrogens (tertiary/aromatic N) is 1. The van der Waals surface area contributed by atoms with Crippen LogP contribution in [0.15, 0.2) is 0 Å². The van der Waals surface area contributed by atoms with Crippen molar-refractivity contribution >= 4 is 0 Å². The minimum absolute atomic E-state index is 0.988. The Bertz CT molecular complexity index is 84.9. The third-order valence-corrected chi connectivity index (χ3v) is 2.34. The zero-order valence-electron chi connectivity index (χ0n) is 7.43. The fourth-order valence-corrected chi connectivity index (χ4v) is 2.06. The molecule has 0 radical (unpaired) electrons. The molecule has 3 heterocycles. The van der Waals surface area contributed by atoms with Crippen molar-refractivity contribution in [3.63, 3.8) is 0 Å². The maximum atomic E-state index is 2.55. The highest BCUT2D eigenvalue weighted by Gasteiger charge is 2.33. The lowest BCUT2D eigenvalue weighted by Crippen LogP contribution is -2.53. The molecule has 0 aliphatic carbocycles. The first kappa shape index (κ1) is 8.06. The van der Waals surface area contributed by atoms with E-state index >= 15 is 0 Å². The van der Waals surface area contributed by atoms with Crippen LogP contribution in [-0.4, -0.2) is 24.5 Å². The average Bonchev–Trinajstić information content (AvgIpc) is 1.90. The second-order valence-electron chi connectivity index (χ2n) is 3.43. The van der Waals surface area contributed by atoms with E-state index in [1.165, 1.54) is 26.1 Å². The fraction of sp³-hybridized carbons (Fsp3) is 1.00. The fourth-order valence-electron chi connectivity index (χ4n) is 2.06.